The van der Waals surface area contributed by atoms with Gasteiger partial charge in [-0.25, -0.2) is 0 Å². The lowest BCUT2D eigenvalue weighted by Gasteiger charge is -2.50. The van der Waals surface area contributed by atoms with Crippen molar-refractivity contribution in [1.29, 1.82) is 0 Å². The zero-order valence-electron chi connectivity index (χ0n) is 58.4. The van der Waals surface area contributed by atoms with Gasteiger partial charge >= 0.3 is 0 Å². The Hall–Kier alpha value is -15.2. The first-order chi connectivity index (χ1) is 53.3. The summed E-state index contributed by atoms with van der Waals surface area (Å²) in [7, 11) is 0. The second-order valence-electron chi connectivity index (χ2n) is 27.8. The van der Waals surface area contributed by atoms with Gasteiger partial charge in [0, 0.05) is 97.4 Å². The molecule has 0 fully saturated rings. The van der Waals surface area contributed by atoms with E-state index in [1.54, 1.807) is 82.6 Å². The number of azide groups is 5. The van der Waals surface area contributed by atoms with Crippen LogP contribution in [0.3, 0.4) is 0 Å². The molecule has 0 radical (unpaired) electrons. The fourth-order valence-corrected chi connectivity index (χ4v) is 16.6. The number of fused-ring (bicyclic) bond motifs is 12. The minimum absolute atomic E-state index is 0.0516. The van der Waals surface area contributed by atoms with E-state index in [0.29, 0.717) is 85.5 Å². The first-order valence-corrected chi connectivity index (χ1v) is 34.3. The molecule has 2 heterocycles. The van der Waals surface area contributed by atoms with Gasteiger partial charge in [-0.2, -0.15) is 0 Å². The molecule has 31 nitrogen and oxygen atoms in total. The van der Waals surface area contributed by atoms with Crippen LogP contribution in [0, 0.1) is 6.92 Å². The molecular weight excluding hydrogens is 1420 g/mol. The number of nitrogens with zero attached hydrogens (tertiary/aromatic N) is 17. The van der Waals surface area contributed by atoms with Gasteiger partial charge < -0.3 is 71.1 Å². The minimum atomic E-state index is -1.15. The average Bonchev–Trinajstić information content (AvgIpc) is 1.71. The molecule has 111 heavy (non-hydrogen) atoms. The fourth-order valence-electron chi connectivity index (χ4n) is 16.6. The smallest absolute Gasteiger partial charge is 0.254 e. The summed E-state index contributed by atoms with van der Waals surface area (Å²) in [5, 5.41) is 143. The first kappa shape index (κ1) is 72.7. The van der Waals surface area contributed by atoms with Crippen LogP contribution >= 0.6 is 0 Å². The van der Waals surface area contributed by atoms with Crippen molar-refractivity contribution in [2.24, 2.45) is 25.6 Å². The molecule has 0 bridgehead atoms. The lowest BCUT2D eigenvalue weighted by Crippen LogP contribution is -2.57. The van der Waals surface area contributed by atoms with Gasteiger partial charge in [0.2, 0.25) is 0 Å². The lowest BCUT2D eigenvalue weighted by molar-refractivity contribution is 0.0577. The Kier molecular flexibility index (Phi) is 18.7. The van der Waals surface area contributed by atoms with Crippen LogP contribution in [0.25, 0.3) is 63.4 Å². The molecule has 0 saturated carbocycles. The van der Waals surface area contributed by atoms with Crippen LogP contribution in [0.1, 0.15) is 129 Å². The summed E-state index contributed by atoms with van der Waals surface area (Å²) >= 11 is 0. The van der Waals surface area contributed by atoms with Crippen molar-refractivity contribution in [2.75, 3.05) is 26.2 Å². The first-order valence-electron chi connectivity index (χ1n) is 34.3. The Balaban J connectivity index is 0.000000141. The molecule has 0 saturated heterocycles. The van der Waals surface area contributed by atoms with Crippen molar-refractivity contribution in [3.8, 4) is 69.0 Å². The Morgan fingerprint density at radius 1 is 0.387 bits per heavy atom. The van der Waals surface area contributed by atoms with E-state index in [0.717, 1.165) is 50.1 Å². The molecule has 3 unspecified atom stereocenters. The Morgan fingerprint density at radius 3 is 1.06 bits per heavy atom. The van der Waals surface area contributed by atoms with Crippen LogP contribution in [0.2, 0.25) is 0 Å². The highest BCUT2D eigenvalue weighted by atomic mass is 16.3. The highest BCUT2D eigenvalue weighted by Crippen LogP contribution is 2.63. The third kappa shape index (κ3) is 12.9. The zero-order chi connectivity index (χ0) is 78.5. The van der Waals surface area contributed by atoms with Crippen LogP contribution in [0.5, 0.6) is 69.0 Å². The number of aryl methyl sites for hydroxylation is 1. The number of phenolic OH excluding ortho intramolecular Hbond substituents is 12. The molecule has 12 N–H and O–H groups in total. The van der Waals surface area contributed by atoms with Crippen molar-refractivity contribution in [3.05, 3.63) is 329 Å². The monoisotopic (exact) mass is 1490 g/mol. The number of phenols is 12. The molecule has 3 atom stereocenters. The van der Waals surface area contributed by atoms with E-state index in [4.69, 9.17) is 27.7 Å². The van der Waals surface area contributed by atoms with Crippen molar-refractivity contribution >= 4 is 40.0 Å². The third-order valence-corrected chi connectivity index (χ3v) is 21.5. The largest absolute Gasteiger partial charge is 0.504 e. The predicted molar refractivity (Wildman–Crippen MR) is 404 cm³/mol. The molecule has 2 aliphatic heterocycles. The number of amides is 2. The van der Waals surface area contributed by atoms with Crippen molar-refractivity contribution in [2.45, 2.75) is 60.9 Å². The van der Waals surface area contributed by atoms with E-state index in [2.05, 4.69) is 50.1 Å². The normalized spacial score (nSPS) is 18.7. The minimum Gasteiger partial charge on any atom is -0.504 e. The SMILES string of the molecule is Cc1ccc(C(=O)N2Cc3cc(O)c(O)cc3C3(C2)CN(C(=O)c2ccc(N=[N+]=[N-])cc2)Cc2cc(O)c(O)cc23)cc1.[N-]=[N+]=NCC1CC2(CC(CN=[N+]=[N-])c3cc(O)c(O)cc32)c2cc(O)c(O)cc21.[N-]=[N+]=Nc1ccc(C2=CC3(C=C(c4ccc(N=[N+]=[N-])cc4)c4cc(O)c(O)cc43)c3cc(O)c(O)cc32)cc1. The van der Waals surface area contributed by atoms with E-state index < -0.39 is 16.2 Å². The molecule has 10 aromatic rings. The van der Waals surface area contributed by atoms with Gasteiger partial charge in [-0.15, -0.1) is 0 Å². The molecule has 31 heteroatoms. The molecule has 2 amide bonds. The predicted octanol–water partition coefficient (Wildman–Crippen LogP) is 17.3. The third-order valence-electron chi connectivity index (χ3n) is 21.5. The number of rotatable bonds is 11. The average molecular weight is 1490 g/mol. The van der Waals surface area contributed by atoms with Crippen LogP contribution < -0.4 is 0 Å². The number of aromatic hydroxyl groups is 12. The Morgan fingerprint density at radius 2 is 0.703 bits per heavy atom. The molecule has 16 rings (SSSR count). The van der Waals surface area contributed by atoms with Crippen LogP contribution in [0.4, 0.5) is 17.1 Å². The Labute approximate surface area is 628 Å². The summed E-state index contributed by atoms with van der Waals surface area (Å²) in [4.78, 5) is 45.0. The number of hydrogen-bond acceptors (Lipinski definition) is 19. The summed E-state index contributed by atoms with van der Waals surface area (Å²) in [6.07, 6.45) is 5.01. The Bertz CT molecular complexity index is 5680. The van der Waals surface area contributed by atoms with Crippen molar-refractivity contribution < 1.29 is 70.9 Å². The fraction of sp³-hybridized carbons (Fsp3) is 0.175. The number of hydrogen-bond donors (Lipinski definition) is 12. The number of carbonyl (C=O) groups excluding carboxylic acids is 2. The lowest BCUT2D eigenvalue weighted by atomic mass is 9.66. The number of carbonyl (C=O) groups is 2. The standard InChI is InChI=1S/C32H27N5O6.C29H18N6O4.C19H18N6O4/c1-18-2-4-19(5-3-18)30(42)36-14-21-10-26(38)28(40)12-24(21)32(16-36)17-37(15-22-11-27(39)29(41)13-25(22)32)31(43)20-6-8-23(9-7-20)34-35-33;30-34-32-17-5-1-15(2-6-17)21-13-29(23-11-27(38)25(36)9-19(21)23)14-22(16-3-7-18(8-4-16)33-35-31)20-10-26(37)28(39)12-24(20)29;20-24-22-7-9-5-19(13-3-17(28)15(26)1-11(9)13)6-10(8-23-25-21)12-2-16(27)18(29)4-14(12)19/h2-13,38-41H,14-17H2,1H3;1-14,36-39H;1-4,9-10,26-29H,5-8H2. The maximum Gasteiger partial charge on any atom is 0.254 e. The summed E-state index contributed by atoms with van der Waals surface area (Å²) < 4.78 is 0. The second kappa shape index (κ2) is 28.6. The summed E-state index contributed by atoms with van der Waals surface area (Å²) in [5.41, 5.74) is 55.0. The van der Waals surface area contributed by atoms with Gasteiger partial charge in [0.25, 0.3) is 11.8 Å². The summed E-state index contributed by atoms with van der Waals surface area (Å²) in [5.74, 6) is -4.68. The quantitative estimate of drug-likeness (QED) is 0.0248. The molecule has 4 aliphatic carbocycles. The van der Waals surface area contributed by atoms with E-state index >= 15 is 0 Å². The highest BCUT2D eigenvalue weighted by molar-refractivity contribution is 5.99. The molecule has 0 aromatic heterocycles. The van der Waals surface area contributed by atoms with Crippen LogP contribution in [-0.4, -0.2) is 109 Å². The number of allylic oxidation sites excluding steroid dienone is 2. The molecule has 552 valence electrons. The highest BCUT2D eigenvalue weighted by Gasteiger charge is 2.53. The van der Waals surface area contributed by atoms with Crippen LogP contribution in [0.15, 0.2) is 208 Å². The number of benzene rings is 10. The summed E-state index contributed by atoms with van der Waals surface area (Å²) in [6, 6.07) is 44.9. The maximum atomic E-state index is 13.9. The van der Waals surface area contributed by atoms with Gasteiger partial charge in [-0.1, -0.05) is 116 Å². The van der Waals surface area contributed by atoms with E-state index in [-0.39, 0.29) is 132 Å². The molecule has 3 spiro atoms. The van der Waals surface area contributed by atoms with Crippen molar-refractivity contribution in [1.82, 2.24) is 9.80 Å². The van der Waals surface area contributed by atoms with Gasteiger partial charge in [-0.05, 0) is 245 Å². The van der Waals surface area contributed by atoms with Gasteiger partial charge in [0.1, 0.15) is 0 Å². The molecular formula is C80H63N17O14. The maximum absolute atomic E-state index is 13.9. The van der Waals surface area contributed by atoms with E-state index in [9.17, 15) is 70.9 Å². The van der Waals surface area contributed by atoms with Gasteiger partial charge in [0.15, 0.2) is 69.0 Å². The second-order valence-corrected chi connectivity index (χ2v) is 27.8. The van der Waals surface area contributed by atoms with E-state index in [1.165, 1.54) is 84.9 Å². The van der Waals surface area contributed by atoms with Crippen LogP contribution in [-0.2, 0) is 29.3 Å². The van der Waals surface area contributed by atoms with Gasteiger partial charge in [-0.3, -0.25) is 9.59 Å². The van der Waals surface area contributed by atoms with Crippen molar-refractivity contribution in [3.63, 3.8) is 0 Å². The molecule has 6 aliphatic rings. The zero-order valence-corrected chi connectivity index (χ0v) is 58.4. The topological polar surface area (TPSA) is 527 Å². The summed E-state index contributed by atoms with van der Waals surface area (Å²) in [6.45, 7) is 2.63. The van der Waals surface area contributed by atoms with Gasteiger partial charge in [0.05, 0.1) is 10.8 Å². The van der Waals surface area contributed by atoms with E-state index in [1.807, 2.05) is 31.2 Å². The molecule has 10 aromatic carbocycles.